The summed E-state index contributed by atoms with van der Waals surface area (Å²) in [6.45, 7) is 8.38. The van der Waals surface area contributed by atoms with Crippen molar-refractivity contribution in [3.8, 4) is 0 Å². The van der Waals surface area contributed by atoms with Crippen LogP contribution in [-0.2, 0) is 6.54 Å². The predicted molar refractivity (Wildman–Crippen MR) is 81.0 cm³/mol. The number of nitrogens with one attached hydrogen (secondary N) is 1. The smallest absolute Gasteiger partial charge is 0.0435 e. The largest absolute Gasteiger partial charge is 0.329 e. The molecule has 3 heteroatoms. The number of hydrogen-bond donors (Lipinski definition) is 2. The summed E-state index contributed by atoms with van der Waals surface area (Å²) in [6, 6.07) is 11.2. The molecule has 1 aliphatic heterocycles. The van der Waals surface area contributed by atoms with E-state index in [9.17, 15) is 0 Å². The lowest BCUT2D eigenvalue weighted by Gasteiger charge is -2.44. The monoisotopic (exact) mass is 261 g/mol. The fraction of sp³-hybridized carbons (Fsp3) is 0.625. The summed E-state index contributed by atoms with van der Waals surface area (Å²) in [5, 5.41) is 3.69. The van der Waals surface area contributed by atoms with Gasteiger partial charge in [0.05, 0.1) is 0 Å². The molecule has 0 spiro atoms. The van der Waals surface area contributed by atoms with E-state index in [1.54, 1.807) is 0 Å². The van der Waals surface area contributed by atoms with Gasteiger partial charge in [0.25, 0.3) is 0 Å². The molecule has 0 aromatic heterocycles. The van der Waals surface area contributed by atoms with Crippen molar-refractivity contribution in [2.24, 2.45) is 5.73 Å². The van der Waals surface area contributed by atoms with Gasteiger partial charge in [0.15, 0.2) is 0 Å². The molecule has 1 aromatic carbocycles. The fourth-order valence-electron chi connectivity index (χ4n) is 3.16. The van der Waals surface area contributed by atoms with E-state index in [1.165, 1.54) is 24.9 Å². The van der Waals surface area contributed by atoms with E-state index < -0.39 is 0 Å². The van der Waals surface area contributed by atoms with Crippen molar-refractivity contribution >= 4 is 0 Å². The molecule has 19 heavy (non-hydrogen) atoms. The standard InChI is InChI=1S/C16H27N3/c1-14(2)18-16(12-17)9-6-10-19(13-16)11-15-7-4-3-5-8-15/h3-5,7-8,14,18H,6,9-13,17H2,1-2H3. The van der Waals surface area contributed by atoms with Gasteiger partial charge in [0, 0.05) is 31.2 Å². The normalized spacial score (nSPS) is 24.8. The van der Waals surface area contributed by atoms with E-state index in [2.05, 4.69) is 54.4 Å². The van der Waals surface area contributed by atoms with E-state index in [1.807, 2.05) is 0 Å². The Morgan fingerprint density at radius 1 is 1.32 bits per heavy atom. The lowest BCUT2D eigenvalue weighted by Crippen LogP contribution is -2.62. The van der Waals surface area contributed by atoms with Crippen LogP contribution < -0.4 is 11.1 Å². The van der Waals surface area contributed by atoms with Gasteiger partial charge in [-0.05, 0) is 24.9 Å². The average molecular weight is 261 g/mol. The molecule has 1 heterocycles. The number of rotatable bonds is 5. The highest BCUT2D eigenvalue weighted by Gasteiger charge is 2.34. The third kappa shape index (κ3) is 4.03. The van der Waals surface area contributed by atoms with Gasteiger partial charge in [-0.3, -0.25) is 4.90 Å². The second kappa shape index (κ2) is 6.51. The number of piperidine rings is 1. The maximum absolute atomic E-state index is 6.05. The average Bonchev–Trinajstić information content (AvgIpc) is 2.39. The molecule has 1 atom stereocenters. The van der Waals surface area contributed by atoms with Crippen LogP contribution in [0.5, 0.6) is 0 Å². The Bertz CT molecular complexity index is 377. The highest BCUT2D eigenvalue weighted by atomic mass is 15.2. The Balaban J connectivity index is 1.99. The summed E-state index contributed by atoms with van der Waals surface area (Å²) in [4.78, 5) is 2.53. The molecule has 2 rings (SSSR count). The first-order chi connectivity index (χ1) is 9.13. The third-order valence-corrected chi connectivity index (χ3v) is 3.89. The van der Waals surface area contributed by atoms with Gasteiger partial charge in [0.1, 0.15) is 0 Å². The quantitative estimate of drug-likeness (QED) is 0.851. The van der Waals surface area contributed by atoms with Crippen LogP contribution in [0, 0.1) is 0 Å². The number of likely N-dealkylation sites (tertiary alicyclic amines) is 1. The molecule has 3 nitrogen and oxygen atoms in total. The first-order valence-electron chi connectivity index (χ1n) is 7.38. The van der Waals surface area contributed by atoms with E-state index in [0.29, 0.717) is 6.04 Å². The summed E-state index contributed by atoms with van der Waals surface area (Å²) < 4.78 is 0. The molecular formula is C16H27N3. The molecule has 1 saturated heterocycles. The molecular weight excluding hydrogens is 234 g/mol. The number of benzene rings is 1. The Morgan fingerprint density at radius 2 is 2.05 bits per heavy atom. The molecule has 0 radical (unpaired) electrons. The van der Waals surface area contributed by atoms with Crippen molar-refractivity contribution in [2.75, 3.05) is 19.6 Å². The van der Waals surface area contributed by atoms with Crippen molar-refractivity contribution < 1.29 is 0 Å². The van der Waals surface area contributed by atoms with Gasteiger partial charge in [-0.25, -0.2) is 0 Å². The first-order valence-corrected chi connectivity index (χ1v) is 7.38. The molecule has 106 valence electrons. The van der Waals surface area contributed by atoms with Gasteiger partial charge in [0.2, 0.25) is 0 Å². The Morgan fingerprint density at radius 3 is 2.68 bits per heavy atom. The highest BCUT2D eigenvalue weighted by molar-refractivity contribution is 5.15. The third-order valence-electron chi connectivity index (χ3n) is 3.89. The molecule has 0 bridgehead atoms. The Hall–Kier alpha value is -0.900. The molecule has 0 saturated carbocycles. The summed E-state index contributed by atoms with van der Waals surface area (Å²) >= 11 is 0. The maximum atomic E-state index is 6.05. The van der Waals surface area contributed by atoms with Crippen LogP contribution in [0.2, 0.25) is 0 Å². The van der Waals surface area contributed by atoms with Crippen molar-refractivity contribution in [1.82, 2.24) is 10.2 Å². The molecule has 0 aliphatic carbocycles. The SMILES string of the molecule is CC(C)NC1(CN)CCCN(Cc2ccccc2)C1. The first kappa shape index (κ1) is 14.5. The number of nitrogens with zero attached hydrogens (tertiary/aromatic N) is 1. The molecule has 1 aliphatic rings. The van der Waals surface area contributed by atoms with Crippen LogP contribution in [0.1, 0.15) is 32.3 Å². The summed E-state index contributed by atoms with van der Waals surface area (Å²) in [7, 11) is 0. The van der Waals surface area contributed by atoms with E-state index >= 15 is 0 Å². The maximum Gasteiger partial charge on any atom is 0.0435 e. The molecule has 1 unspecified atom stereocenters. The number of hydrogen-bond acceptors (Lipinski definition) is 3. The van der Waals surface area contributed by atoms with Gasteiger partial charge >= 0.3 is 0 Å². The molecule has 1 fully saturated rings. The topological polar surface area (TPSA) is 41.3 Å². The van der Waals surface area contributed by atoms with Crippen molar-refractivity contribution in [2.45, 2.75) is 44.8 Å². The fourth-order valence-corrected chi connectivity index (χ4v) is 3.16. The minimum Gasteiger partial charge on any atom is -0.329 e. The summed E-state index contributed by atoms with van der Waals surface area (Å²) in [5.41, 5.74) is 7.54. The van der Waals surface area contributed by atoms with E-state index in [-0.39, 0.29) is 5.54 Å². The molecule has 0 amide bonds. The lowest BCUT2D eigenvalue weighted by molar-refractivity contribution is 0.113. The molecule has 3 N–H and O–H groups in total. The zero-order valence-electron chi connectivity index (χ0n) is 12.2. The zero-order valence-corrected chi connectivity index (χ0v) is 12.2. The van der Waals surface area contributed by atoms with Crippen molar-refractivity contribution in [3.63, 3.8) is 0 Å². The molecule has 1 aromatic rings. The Labute approximate surface area is 117 Å². The second-order valence-electron chi connectivity index (χ2n) is 6.08. The highest BCUT2D eigenvalue weighted by Crippen LogP contribution is 2.22. The van der Waals surface area contributed by atoms with Crippen LogP contribution in [0.4, 0.5) is 0 Å². The van der Waals surface area contributed by atoms with Gasteiger partial charge < -0.3 is 11.1 Å². The van der Waals surface area contributed by atoms with Crippen LogP contribution in [0.25, 0.3) is 0 Å². The van der Waals surface area contributed by atoms with E-state index in [0.717, 1.165) is 19.6 Å². The van der Waals surface area contributed by atoms with Crippen LogP contribution in [-0.4, -0.2) is 36.1 Å². The lowest BCUT2D eigenvalue weighted by atomic mass is 9.88. The minimum atomic E-state index is 0.0984. The second-order valence-corrected chi connectivity index (χ2v) is 6.08. The van der Waals surface area contributed by atoms with Gasteiger partial charge in [-0.2, -0.15) is 0 Å². The number of nitrogens with two attached hydrogens (primary N) is 1. The van der Waals surface area contributed by atoms with Crippen LogP contribution >= 0.6 is 0 Å². The van der Waals surface area contributed by atoms with Gasteiger partial charge in [-0.15, -0.1) is 0 Å². The van der Waals surface area contributed by atoms with Crippen LogP contribution in [0.15, 0.2) is 30.3 Å². The van der Waals surface area contributed by atoms with E-state index in [4.69, 9.17) is 5.73 Å². The van der Waals surface area contributed by atoms with Gasteiger partial charge in [-0.1, -0.05) is 44.2 Å². The predicted octanol–water partition coefficient (Wildman–Crippen LogP) is 1.98. The summed E-state index contributed by atoms with van der Waals surface area (Å²) in [6.07, 6.45) is 2.41. The minimum absolute atomic E-state index is 0.0984. The van der Waals surface area contributed by atoms with Crippen molar-refractivity contribution in [1.29, 1.82) is 0 Å². The zero-order chi connectivity index (χ0) is 13.7. The summed E-state index contributed by atoms with van der Waals surface area (Å²) in [5.74, 6) is 0. The van der Waals surface area contributed by atoms with Crippen molar-refractivity contribution in [3.05, 3.63) is 35.9 Å². The van der Waals surface area contributed by atoms with Crippen LogP contribution in [0.3, 0.4) is 0 Å². The Kier molecular flexibility index (Phi) is 4.97.